The number of nitrogens with one attached hydrogen (secondary N) is 1. The van der Waals surface area contributed by atoms with E-state index in [1.54, 1.807) is 6.92 Å². The van der Waals surface area contributed by atoms with Crippen LogP contribution in [0.1, 0.15) is 69.4 Å². The highest BCUT2D eigenvalue weighted by Gasteiger charge is 2.42. The third-order valence-corrected chi connectivity index (χ3v) is 5.99. The Labute approximate surface area is 207 Å². The van der Waals surface area contributed by atoms with Crippen molar-refractivity contribution >= 4 is 12.3 Å². The van der Waals surface area contributed by atoms with Gasteiger partial charge < -0.3 is 30.0 Å². The lowest BCUT2D eigenvalue weighted by atomic mass is 9.87. The summed E-state index contributed by atoms with van der Waals surface area (Å²) >= 11 is 0. The molecule has 3 N–H and O–H groups in total. The van der Waals surface area contributed by atoms with E-state index >= 15 is 0 Å². The molecular formula is C25H31F3N2O6. The molecule has 1 fully saturated rings. The van der Waals surface area contributed by atoms with Gasteiger partial charge >= 0.3 is 18.5 Å². The first-order valence-corrected chi connectivity index (χ1v) is 11.9. The van der Waals surface area contributed by atoms with E-state index in [9.17, 15) is 22.8 Å². The van der Waals surface area contributed by atoms with Gasteiger partial charge in [0.25, 0.3) is 0 Å². The largest absolute Gasteiger partial charge is 0.513 e. The van der Waals surface area contributed by atoms with Crippen LogP contribution in [-0.4, -0.2) is 31.6 Å². The summed E-state index contributed by atoms with van der Waals surface area (Å²) in [5.74, 6) is -1.70. The number of alkyl halides is 3. The van der Waals surface area contributed by atoms with E-state index in [1.165, 1.54) is 25.1 Å². The molecule has 1 atom stereocenters. The van der Waals surface area contributed by atoms with Crippen LogP contribution in [0.15, 0.2) is 47.2 Å². The first kappa shape index (κ1) is 27.4. The fourth-order valence-corrected chi connectivity index (χ4v) is 4.29. The Morgan fingerprint density at radius 2 is 1.61 bits per heavy atom. The number of carbonyl (C=O) groups is 2. The van der Waals surface area contributed by atoms with Gasteiger partial charge in [0.05, 0.1) is 23.6 Å². The number of rotatable bonds is 8. The van der Waals surface area contributed by atoms with Crippen LogP contribution in [0.5, 0.6) is 0 Å². The summed E-state index contributed by atoms with van der Waals surface area (Å²) < 4.78 is 63.2. The molecule has 1 heterocycles. The van der Waals surface area contributed by atoms with E-state index < -0.39 is 30.0 Å². The van der Waals surface area contributed by atoms with Gasteiger partial charge in [-0.1, -0.05) is 18.2 Å². The van der Waals surface area contributed by atoms with Crippen molar-refractivity contribution in [2.24, 2.45) is 5.73 Å². The maximum absolute atomic E-state index is 14.0. The smallest absolute Gasteiger partial charge is 0.434 e. The van der Waals surface area contributed by atoms with Gasteiger partial charge in [-0.3, -0.25) is 0 Å². The predicted octanol–water partition coefficient (Wildman–Crippen LogP) is 5.84. The zero-order valence-corrected chi connectivity index (χ0v) is 20.3. The minimum absolute atomic E-state index is 0.0333. The quantitative estimate of drug-likeness (QED) is 0.330. The third kappa shape index (κ3) is 6.93. The number of nitrogens with two attached hydrogens (primary N) is 1. The molecule has 0 saturated heterocycles. The van der Waals surface area contributed by atoms with Crippen LogP contribution in [0, 0.1) is 0 Å². The monoisotopic (exact) mass is 512 g/mol. The highest BCUT2D eigenvalue weighted by atomic mass is 19.4. The van der Waals surface area contributed by atoms with Crippen LogP contribution >= 0.6 is 0 Å². The fraction of sp³-hybridized carbons (Fsp3) is 0.520. The number of hydrogen-bond donors (Lipinski definition) is 2. The van der Waals surface area contributed by atoms with Crippen molar-refractivity contribution in [2.75, 3.05) is 13.2 Å². The molecule has 1 aromatic rings. The Hall–Kier alpha value is -3.21. The number of unbranched alkanes of at least 4 members (excludes halogenated alkanes) is 1. The van der Waals surface area contributed by atoms with Crippen molar-refractivity contribution in [3.05, 3.63) is 58.3 Å². The van der Waals surface area contributed by atoms with E-state index in [0.29, 0.717) is 32.2 Å². The number of allylic oxidation sites excluding steroid dienone is 2. The number of hydrogen-bond acceptors (Lipinski definition) is 8. The van der Waals surface area contributed by atoms with Gasteiger partial charge in [-0.25, -0.2) is 9.59 Å². The summed E-state index contributed by atoms with van der Waals surface area (Å²) in [5.41, 5.74) is 4.77. The summed E-state index contributed by atoms with van der Waals surface area (Å²) in [6.45, 7) is 3.54. The van der Waals surface area contributed by atoms with Crippen molar-refractivity contribution in [1.29, 1.82) is 0 Å². The molecule has 1 aliphatic carbocycles. The fourth-order valence-electron chi connectivity index (χ4n) is 4.29. The highest BCUT2D eigenvalue weighted by molar-refractivity contribution is 5.65. The Bertz CT molecular complexity index is 1020. The Kier molecular flexibility index (Phi) is 9.25. The molecule has 1 saturated carbocycles. The lowest BCUT2D eigenvalue weighted by Gasteiger charge is -2.31. The second kappa shape index (κ2) is 12.2. The number of benzene rings is 1. The molecule has 8 nitrogen and oxygen atoms in total. The minimum Gasteiger partial charge on any atom is -0.434 e. The lowest BCUT2D eigenvalue weighted by molar-refractivity contribution is -0.138. The molecule has 1 aliphatic heterocycles. The van der Waals surface area contributed by atoms with Crippen molar-refractivity contribution in [2.45, 2.75) is 70.6 Å². The van der Waals surface area contributed by atoms with Crippen LogP contribution in [0.3, 0.4) is 0 Å². The van der Waals surface area contributed by atoms with Gasteiger partial charge in [-0.05, 0) is 70.5 Å². The number of dihydropyridines is 1. The second-order valence-electron chi connectivity index (χ2n) is 8.69. The van der Waals surface area contributed by atoms with Gasteiger partial charge in [-0.2, -0.15) is 13.2 Å². The second-order valence-corrected chi connectivity index (χ2v) is 8.69. The van der Waals surface area contributed by atoms with E-state index in [2.05, 4.69) is 5.32 Å². The van der Waals surface area contributed by atoms with Crippen molar-refractivity contribution in [3.63, 3.8) is 0 Å². The van der Waals surface area contributed by atoms with Crippen LogP contribution < -0.4 is 11.1 Å². The van der Waals surface area contributed by atoms with Crippen molar-refractivity contribution in [3.8, 4) is 0 Å². The molecular weight excluding hydrogens is 481 g/mol. The van der Waals surface area contributed by atoms with Crippen LogP contribution in [0.4, 0.5) is 22.8 Å². The molecule has 1 unspecified atom stereocenters. The molecule has 36 heavy (non-hydrogen) atoms. The summed E-state index contributed by atoms with van der Waals surface area (Å²) in [6.07, 6.45) is -2.82. The van der Waals surface area contributed by atoms with E-state index in [-0.39, 0.29) is 41.2 Å². The topological polar surface area (TPSA) is 109 Å². The lowest BCUT2D eigenvalue weighted by Crippen LogP contribution is -2.31. The highest BCUT2D eigenvalue weighted by Crippen LogP contribution is 2.44. The maximum Gasteiger partial charge on any atom is 0.513 e. The molecule has 0 amide bonds. The van der Waals surface area contributed by atoms with E-state index in [0.717, 1.165) is 18.9 Å². The van der Waals surface area contributed by atoms with Gasteiger partial charge in [0.2, 0.25) is 0 Å². The van der Waals surface area contributed by atoms with Crippen molar-refractivity contribution in [1.82, 2.24) is 5.32 Å². The maximum atomic E-state index is 14.0. The van der Waals surface area contributed by atoms with E-state index in [1.807, 2.05) is 0 Å². The zero-order valence-electron chi connectivity index (χ0n) is 20.3. The molecule has 0 radical (unpaired) electrons. The van der Waals surface area contributed by atoms with E-state index in [4.69, 9.17) is 24.7 Å². The van der Waals surface area contributed by atoms with Gasteiger partial charge in [0.15, 0.2) is 0 Å². The van der Waals surface area contributed by atoms with Gasteiger partial charge in [0, 0.05) is 0 Å². The molecule has 0 aromatic heterocycles. The van der Waals surface area contributed by atoms with Crippen LogP contribution in [-0.2, 0) is 25.1 Å². The van der Waals surface area contributed by atoms with Crippen LogP contribution in [0.25, 0.3) is 0 Å². The first-order chi connectivity index (χ1) is 17.1. The average Bonchev–Trinajstić information content (AvgIpc) is 3.32. The molecule has 198 valence electrons. The molecule has 11 heteroatoms. The summed E-state index contributed by atoms with van der Waals surface area (Å²) in [6, 6.07) is 4.84. The minimum atomic E-state index is -4.72. The molecule has 1 aromatic carbocycles. The van der Waals surface area contributed by atoms with Gasteiger partial charge in [0.1, 0.15) is 23.5 Å². The Balaban J connectivity index is 1.95. The van der Waals surface area contributed by atoms with Crippen molar-refractivity contribution < 1.29 is 41.7 Å². The third-order valence-electron chi connectivity index (χ3n) is 5.99. The molecule has 0 spiro atoms. The standard InChI is InChI=1S/C25H31F3N2O6/c1-15-21(35-23(31)33-14-8-7-13-29)20(18-11-5-6-12-19(18)25(26,27)28)22(16(2)30-15)36-24(32)34-17-9-3-4-10-17/h5-6,11-12,17,20,30H,3-4,7-10,13-14,29H2,1-2H3. The SMILES string of the molecule is CC1=C(OC(=O)OCCCCN)C(c2ccccc2C(F)(F)F)C(OC(=O)OC2CCCC2)=C(C)N1. The molecule has 3 rings (SSSR count). The first-order valence-electron chi connectivity index (χ1n) is 11.9. The molecule has 0 bridgehead atoms. The average molecular weight is 513 g/mol. The molecule has 2 aliphatic rings. The Morgan fingerprint density at radius 1 is 1.00 bits per heavy atom. The Morgan fingerprint density at radius 3 is 2.22 bits per heavy atom. The normalized spacial score (nSPS) is 18.7. The summed E-state index contributed by atoms with van der Waals surface area (Å²) in [7, 11) is 0. The van der Waals surface area contributed by atoms with Gasteiger partial charge in [-0.15, -0.1) is 0 Å². The number of halogens is 3. The summed E-state index contributed by atoms with van der Waals surface area (Å²) in [5, 5.41) is 2.91. The summed E-state index contributed by atoms with van der Waals surface area (Å²) in [4.78, 5) is 25.0. The number of carbonyl (C=O) groups excluding carboxylic acids is 2. The van der Waals surface area contributed by atoms with Crippen LogP contribution in [0.2, 0.25) is 0 Å². The zero-order chi connectivity index (χ0) is 26.3. The number of ether oxygens (including phenoxy) is 4. The predicted molar refractivity (Wildman–Crippen MR) is 123 cm³/mol.